The van der Waals surface area contributed by atoms with E-state index >= 15 is 0 Å². The zero-order chi connectivity index (χ0) is 13.7. The standard InChI is InChI=1S/C15H17N3O/c1-19-15-8-12(5-6-13(15)9-16)11-18-7-3-2-4-14(18)10-17/h5-6,8,14H,2-4,7,11H2,1H3. The molecule has 0 N–H and O–H groups in total. The van der Waals surface area contributed by atoms with Gasteiger partial charge in [0.15, 0.2) is 0 Å². The Labute approximate surface area is 113 Å². The van der Waals surface area contributed by atoms with Crippen molar-refractivity contribution in [3.05, 3.63) is 29.3 Å². The van der Waals surface area contributed by atoms with Crippen molar-refractivity contribution < 1.29 is 4.74 Å². The Hall–Kier alpha value is -2.04. The molecule has 98 valence electrons. The van der Waals surface area contributed by atoms with Crippen LogP contribution in [0.4, 0.5) is 0 Å². The summed E-state index contributed by atoms with van der Waals surface area (Å²) < 4.78 is 5.21. The van der Waals surface area contributed by atoms with Crippen molar-refractivity contribution in [2.75, 3.05) is 13.7 Å². The minimum absolute atomic E-state index is 0.00962. The molecule has 0 amide bonds. The highest BCUT2D eigenvalue weighted by Gasteiger charge is 2.22. The first-order valence-electron chi connectivity index (χ1n) is 6.49. The number of ether oxygens (including phenoxy) is 1. The number of hydrogen-bond donors (Lipinski definition) is 0. The van der Waals surface area contributed by atoms with Crippen LogP contribution in [0, 0.1) is 22.7 Å². The van der Waals surface area contributed by atoms with Crippen LogP contribution in [-0.2, 0) is 6.54 Å². The van der Waals surface area contributed by atoms with E-state index in [4.69, 9.17) is 15.3 Å². The Morgan fingerprint density at radius 2 is 2.21 bits per heavy atom. The van der Waals surface area contributed by atoms with E-state index in [1.165, 1.54) is 0 Å². The highest BCUT2D eigenvalue weighted by molar-refractivity contribution is 5.45. The number of nitriles is 2. The molecule has 2 rings (SSSR count). The van der Waals surface area contributed by atoms with Gasteiger partial charge in [-0.2, -0.15) is 10.5 Å². The van der Waals surface area contributed by atoms with Gasteiger partial charge in [-0.25, -0.2) is 0 Å². The van der Waals surface area contributed by atoms with Crippen LogP contribution in [0.25, 0.3) is 0 Å². The number of hydrogen-bond acceptors (Lipinski definition) is 4. The first kappa shape index (κ1) is 13.4. The summed E-state index contributed by atoms with van der Waals surface area (Å²) in [6, 6.07) is 10.1. The quantitative estimate of drug-likeness (QED) is 0.832. The number of rotatable bonds is 3. The topological polar surface area (TPSA) is 60.0 Å². The molecular formula is C15H17N3O. The fourth-order valence-electron chi connectivity index (χ4n) is 2.49. The maximum Gasteiger partial charge on any atom is 0.136 e. The van der Waals surface area contributed by atoms with Gasteiger partial charge in [-0.15, -0.1) is 0 Å². The highest BCUT2D eigenvalue weighted by Crippen LogP contribution is 2.23. The summed E-state index contributed by atoms with van der Waals surface area (Å²) in [5.74, 6) is 0.602. The summed E-state index contributed by atoms with van der Waals surface area (Å²) in [5.41, 5.74) is 1.62. The second-order valence-electron chi connectivity index (χ2n) is 4.76. The molecule has 4 nitrogen and oxygen atoms in total. The van der Waals surface area contributed by atoms with Crippen LogP contribution < -0.4 is 4.74 Å². The van der Waals surface area contributed by atoms with E-state index in [2.05, 4.69) is 17.0 Å². The van der Waals surface area contributed by atoms with Crippen molar-refractivity contribution in [2.24, 2.45) is 0 Å². The molecular weight excluding hydrogens is 238 g/mol. The number of benzene rings is 1. The van der Waals surface area contributed by atoms with Crippen LogP contribution in [-0.4, -0.2) is 24.6 Å². The lowest BCUT2D eigenvalue weighted by molar-refractivity contribution is 0.176. The summed E-state index contributed by atoms with van der Waals surface area (Å²) in [6.45, 7) is 1.70. The summed E-state index contributed by atoms with van der Waals surface area (Å²) in [5, 5.41) is 18.1. The van der Waals surface area contributed by atoms with Gasteiger partial charge in [-0.1, -0.05) is 6.07 Å². The number of methoxy groups -OCH3 is 1. The van der Waals surface area contributed by atoms with Gasteiger partial charge in [0.25, 0.3) is 0 Å². The first-order chi connectivity index (χ1) is 9.28. The maximum atomic E-state index is 9.16. The van der Waals surface area contributed by atoms with Crippen LogP contribution in [0.1, 0.15) is 30.4 Å². The first-order valence-corrected chi connectivity index (χ1v) is 6.49. The van der Waals surface area contributed by atoms with E-state index in [9.17, 15) is 0 Å². The van der Waals surface area contributed by atoms with Crippen LogP contribution in [0.15, 0.2) is 18.2 Å². The molecule has 1 atom stereocenters. The number of piperidine rings is 1. The lowest BCUT2D eigenvalue weighted by atomic mass is 10.0. The Morgan fingerprint density at radius 1 is 1.37 bits per heavy atom. The van der Waals surface area contributed by atoms with E-state index in [1.54, 1.807) is 13.2 Å². The largest absolute Gasteiger partial charge is 0.495 e. The normalized spacial score (nSPS) is 19.4. The molecule has 1 aromatic carbocycles. The van der Waals surface area contributed by atoms with Crippen molar-refractivity contribution in [2.45, 2.75) is 31.8 Å². The minimum Gasteiger partial charge on any atom is -0.495 e. The molecule has 1 saturated heterocycles. The van der Waals surface area contributed by atoms with E-state index in [0.717, 1.165) is 37.9 Å². The molecule has 1 aliphatic rings. The summed E-state index contributed by atoms with van der Waals surface area (Å²) in [7, 11) is 1.57. The molecule has 0 bridgehead atoms. The van der Waals surface area contributed by atoms with Crippen LogP contribution >= 0.6 is 0 Å². The van der Waals surface area contributed by atoms with E-state index in [1.807, 2.05) is 12.1 Å². The average molecular weight is 255 g/mol. The fraction of sp³-hybridized carbons (Fsp3) is 0.467. The summed E-state index contributed by atoms with van der Waals surface area (Å²) >= 11 is 0. The third kappa shape index (κ3) is 3.05. The van der Waals surface area contributed by atoms with Crippen molar-refractivity contribution in [1.29, 1.82) is 10.5 Å². The molecule has 1 heterocycles. The van der Waals surface area contributed by atoms with Crippen LogP contribution in [0.2, 0.25) is 0 Å². The van der Waals surface area contributed by atoms with E-state index in [0.29, 0.717) is 11.3 Å². The number of nitrogens with zero attached hydrogens (tertiary/aromatic N) is 3. The molecule has 1 fully saturated rings. The molecule has 4 heteroatoms. The maximum absolute atomic E-state index is 9.16. The minimum atomic E-state index is 0.00962. The molecule has 0 aromatic heterocycles. The van der Waals surface area contributed by atoms with Gasteiger partial charge in [0.05, 0.1) is 24.8 Å². The Bertz CT molecular complexity index is 527. The Kier molecular flexibility index (Phi) is 4.39. The van der Waals surface area contributed by atoms with Crippen molar-refractivity contribution in [3.63, 3.8) is 0 Å². The third-order valence-corrected chi connectivity index (χ3v) is 3.53. The summed E-state index contributed by atoms with van der Waals surface area (Å²) in [6.07, 6.45) is 3.22. The lowest BCUT2D eigenvalue weighted by Gasteiger charge is -2.31. The molecule has 1 aliphatic heterocycles. The van der Waals surface area contributed by atoms with Gasteiger partial charge in [-0.3, -0.25) is 4.90 Å². The molecule has 0 spiro atoms. The fourth-order valence-corrected chi connectivity index (χ4v) is 2.49. The summed E-state index contributed by atoms with van der Waals surface area (Å²) in [4.78, 5) is 2.20. The van der Waals surface area contributed by atoms with Gasteiger partial charge in [0.2, 0.25) is 0 Å². The lowest BCUT2D eigenvalue weighted by Crippen LogP contribution is -2.37. The molecule has 0 saturated carbocycles. The Balaban J connectivity index is 2.15. The molecule has 19 heavy (non-hydrogen) atoms. The third-order valence-electron chi connectivity index (χ3n) is 3.53. The van der Waals surface area contributed by atoms with E-state index < -0.39 is 0 Å². The van der Waals surface area contributed by atoms with E-state index in [-0.39, 0.29) is 6.04 Å². The van der Waals surface area contributed by atoms with Crippen LogP contribution in [0.3, 0.4) is 0 Å². The van der Waals surface area contributed by atoms with Gasteiger partial charge >= 0.3 is 0 Å². The SMILES string of the molecule is COc1cc(CN2CCCCC2C#N)ccc1C#N. The molecule has 1 unspecified atom stereocenters. The van der Waals surface area contributed by atoms with Gasteiger partial charge in [0.1, 0.15) is 11.8 Å². The van der Waals surface area contributed by atoms with Gasteiger partial charge < -0.3 is 4.74 Å². The zero-order valence-corrected chi connectivity index (χ0v) is 11.1. The van der Waals surface area contributed by atoms with Crippen molar-refractivity contribution >= 4 is 0 Å². The molecule has 0 aliphatic carbocycles. The highest BCUT2D eigenvalue weighted by atomic mass is 16.5. The second kappa shape index (κ2) is 6.22. The predicted molar refractivity (Wildman–Crippen MR) is 71.4 cm³/mol. The average Bonchev–Trinajstić information content (AvgIpc) is 2.47. The molecule has 1 aromatic rings. The smallest absolute Gasteiger partial charge is 0.136 e. The van der Waals surface area contributed by atoms with Crippen molar-refractivity contribution in [1.82, 2.24) is 4.90 Å². The predicted octanol–water partition coefficient (Wildman–Crippen LogP) is 2.44. The van der Waals surface area contributed by atoms with Crippen molar-refractivity contribution in [3.8, 4) is 17.9 Å². The van der Waals surface area contributed by atoms with Crippen LogP contribution in [0.5, 0.6) is 5.75 Å². The number of likely N-dealkylation sites (tertiary alicyclic amines) is 1. The van der Waals surface area contributed by atoms with Gasteiger partial charge in [0, 0.05) is 6.54 Å². The zero-order valence-electron chi connectivity index (χ0n) is 11.1. The van der Waals surface area contributed by atoms with Gasteiger partial charge in [-0.05, 0) is 43.5 Å². The second-order valence-corrected chi connectivity index (χ2v) is 4.76. The molecule has 0 radical (unpaired) electrons. The monoisotopic (exact) mass is 255 g/mol. The Morgan fingerprint density at radius 3 is 2.89 bits per heavy atom.